The summed E-state index contributed by atoms with van der Waals surface area (Å²) in [5, 5.41) is 9.27. The largest absolute Gasteiger partial charge is 0.480 e. The minimum Gasteiger partial charge on any atom is -0.480 e. The highest BCUT2D eigenvalue weighted by molar-refractivity contribution is 8.00. The maximum absolute atomic E-state index is 11.5. The van der Waals surface area contributed by atoms with E-state index in [4.69, 9.17) is 0 Å². The van der Waals surface area contributed by atoms with E-state index in [1.54, 1.807) is 12.1 Å². The summed E-state index contributed by atoms with van der Waals surface area (Å²) in [6.07, 6.45) is 2.90. The van der Waals surface area contributed by atoms with Crippen molar-refractivity contribution in [3.63, 3.8) is 0 Å². The lowest BCUT2D eigenvalue weighted by Crippen LogP contribution is -2.08. The van der Waals surface area contributed by atoms with Gasteiger partial charge in [-0.15, -0.1) is 0 Å². The Balaban J connectivity index is 1.99. The van der Waals surface area contributed by atoms with Crippen molar-refractivity contribution < 1.29 is 9.90 Å². The van der Waals surface area contributed by atoms with Crippen LogP contribution < -0.4 is 0 Å². The fourth-order valence-electron chi connectivity index (χ4n) is 1.83. The number of benzene rings is 1. The maximum atomic E-state index is 11.5. The zero-order chi connectivity index (χ0) is 13.9. The van der Waals surface area contributed by atoms with Gasteiger partial charge in [-0.1, -0.05) is 42.1 Å². The number of aromatic amines is 1. The van der Waals surface area contributed by atoms with Crippen molar-refractivity contribution in [1.29, 1.82) is 0 Å². The summed E-state index contributed by atoms with van der Waals surface area (Å²) >= 11 is 1.16. The molecule has 2 N–H and O–H groups in total. The minimum atomic E-state index is -0.910. The monoisotopic (exact) mass is 286 g/mol. The second-order valence-electron chi connectivity index (χ2n) is 4.03. The van der Waals surface area contributed by atoms with Gasteiger partial charge in [0.2, 0.25) is 0 Å². The quantitative estimate of drug-likeness (QED) is 0.564. The summed E-state index contributed by atoms with van der Waals surface area (Å²) in [5.74, 6) is -0.910. The molecule has 6 nitrogen and oxygen atoms in total. The zero-order valence-corrected chi connectivity index (χ0v) is 11.0. The number of rotatable bonds is 4. The molecule has 0 fully saturated rings. The van der Waals surface area contributed by atoms with Crippen LogP contribution in [0.2, 0.25) is 0 Å². The van der Waals surface area contributed by atoms with Crippen molar-refractivity contribution in [3.05, 3.63) is 48.5 Å². The van der Waals surface area contributed by atoms with E-state index < -0.39 is 11.2 Å². The number of imidazole rings is 1. The highest BCUT2D eigenvalue weighted by Crippen LogP contribution is 2.36. The van der Waals surface area contributed by atoms with E-state index in [9.17, 15) is 9.90 Å². The number of aliphatic carboxylic acids is 1. The van der Waals surface area contributed by atoms with Crippen molar-refractivity contribution in [2.24, 2.45) is 0 Å². The van der Waals surface area contributed by atoms with Gasteiger partial charge in [0.1, 0.15) is 22.1 Å². The molecule has 20 heavy (non-hydrogen) atoms. The van der Waals surface area contributed by atoms with Gasteiger partial charge in [-0.25, -0.2) is 15.0 Å². The summed E-state index contributed by atoms with van der Waals surface area (Å²) in [4.78, 5) is 26.6. The zero-order valence-electron chi connectivity index (χ0n) is 10.2. The van der Waals surface area contributed by atoms with Crippen LogP contribution in [0.5, 0.6) is 0 Å². The Morgan fingerprint density at radius 1 is 1.20 bits per heavy atom. The van der Waals surface area contributed by atoms with Gasteiger partial charge in [0.25, 0.3) is 0 Å². The van der Waals surface area contributed by atoms with Gasteiger partial charge < -0.3 is 10.1 Å². The molecule has 0 aliphatic rings. The smallest absolute Gasteiger partial charge is 0.321 e. The van der Waals surface area contributed by atoms with Gasteiger partial charge in [-0.05, 0) is 5.56 Å². The third-order valence-electron chi connectivity index (χ3n) is 2.74. The lowest BCUT2D eigenvalue weighted by molar-refractivity contribution is -0.136. The van der Waals surface area contributed by atoms with Crippen LogP contribution in [0.4, 0.5) is 0 Å². The van der Waals surface area contributed by atoms with Crippen LogP contribution in [0.1, 0.15) is 10.8 Å². The number of hydrogen-bond acceptors (Lipinski definition) is 5. The molecule has 0 aliphatic heterocycles. The van der Waals surface area contributed by atoms with E-state index in [2.05, 4.69) is 19.9 Å². The molecule has 100 valence electrons. The maximum Gasteiger partial charge on any atom is 0.321 e. The normalized spacial score (nSPS) is 12.4. The molecule has 0 saturated heterocycles. The van der Waals surface area contributed by atoms with Gasteiger partial charge in [0.05, 0.1) is 6.33 Å². The molecule has 2 aromatic heterocycles. The molecule has 1 aromatic carbocycles. The summed E-state index contributed by atoms with van der Waals surface area (Å²) < 4.78 is 0. The predicted octanol–water partition coefficient (Wildman–Crippen LogP) is 2.27. The first kappa shape index (κ1) is 12.6. The van der Waals surface area contributed by atoms with Crippen molar-refractivity contribution >= 4 is 28.9 Å². The predicted molar refractivity (Wildman–Crippen MR) is 74.4 cm³/mol. The molecule has 0 bridgehead atoms. The molecule has 0 amide bonds. The lowest BCUT2D eigenvalue weighted by Gasteiger charge is -2.11. The number of carbonyl (C=O) groups is 1. The van der Waals surface area contributed by atoms with E-state index in [0.29, 0.717) is 16.2 Å². The molecule has 3 aromatic rings. The fourth-order valence-corrected chi connectivity index (χ4v) is 2.83. The Bertz CT molecular complexity index is 744. The van der Waals surface area contributed by atoms with Gasteiger partial charge in [0, 0.05) is 0 Å². The van der Waals surface area contributed by atoms with E-state index in [1.165, 1.54) is 12.7 Å². The number of fused-ring (bicyclic) bond motifs is 1. The third kappa shape index (κ3) is 2.35. The van der Waals surface area contributed by atoms with Crippen LogP contribution in [0.15, 0.2) is 48.0 Å². The SMILES string of the molecule is O=C(O)[C@H](Sc1ncnc2nc[nH]c12)c1ccccc1. The van der Waals surface area contributed by atoms with Crippen molar-refractivity contribution in [2.45, 2.75) is 10.3 Å². The van der Waals surface area contributed by atoms with Crippen molar-refractivity contribution in [1.82, 2.24) is 19.9 Å². The van der Waals surface area contributed by atoms with E-state index in [-0.39, 0.29) is 0 Å². The molecule has 0 spiro atoms. The summed E-state index contributed by atoms with van der Waals surface area (Å²) in [5.41, 5.74) is 1.90. The van der Waals surface area contributed by atoms with Crippen LogP contribution in [0, 0.1) is 0 Å². The average molecular weight is 286 g/mol. The number of thioether (sulfide) groups is 1. The minimum absolute atomic E-state index is 0.528. The Kier molecular flexibility index (Phi) is 3.34. The average Bonchev–Trinajstić information content (AvgIpc) is 2.94. The third-order valence-corrected chi connectivity index (χ3v) is 3.99. The first-order valence-electron chi connectivity index (χ1n) is 5.84. The van der Waals surface area contributed by atoms with Crippen molar-refractivity contribution in [3.8, 4) is 0 Å². The van der Waals surface area contributed by atoms with Gasteiger partial charge in [-0.2, -0.15) is 0 Å². The molecule has 0 radical (unpaired) electrons. The summed E-state index contributed by atoms with van der Waals surface area (Å²) in [6, 6.07) is 9.06. The first-order chi connectivity index (χ1) is 9.75. The number of aromatic nitrogens is 4. The van der Waals surface area contributed by atoms with Crippen LogP contribution in [0.25, 0.3) is 11.2 Å². The van der Waals surface area contributed by atoms with E-state index in [0.717, 1.165) is 17.3 Å². The molecular formula is C13H10N4O2S. The Labute approximate surface area is 118 Å². The lowest BCUT2D eigenvalue weighted by atomic mass is 10.1. The molecule has 7 heteroatoms. The number of H-pyrrole nitrogens is 1. The second-order valence-corrected chi connectivity index (χ2v) is 5.12. The fraction of sp³-hybridized carbons (Fsp3) is 0.0769. The number of nitrogens with zero attached hydrogens (tertiary/aromatic N) is 3. The summed E-state index contributed by atoms with van der Waals surface area (Å²) in [7, 11) is 0. The van der Waals surface area contributed by atoms with Gasteiger partial charge >= 0.3 is 5.97 Å². The first-order valence-corrected chi connectivity index (χ1v) is 6.72. The Hall–Kier alpha value is -2.41. The van der Waals surface area contributed by atoms with Crippen LogP contribution >= 0.6 is 11.8 Å². The van der Waals surface area contributed by atoms with Gasteiger partial charge in [-0.3, -0.25) is 4.79 Å². The summed E-state index contributed by atoms with van der Waals surface area (Å²) in [6.45, 7) is 0. The molecule has 2 heterocycles. The number of hydrogen-bond donors (Lipinski definition) is 2. The molecule has 3 rings (SSSR count). The van der Waals surface area contributed by atoms with Crippen molar-refractivity contribution in [2.75, 3.05) is 0 Å². The Morgan fingerprint density at radius 2 is 2.00 bits per heavy atom. The number of carboxylic acids is 1. The second kappa shape index (κ2) is 5.30. The van der Waals surface area contributed by atoms with E-state index in [1.807, 2.05) is 18.2 Å². The van der Waals surface area contributed by atoms with E-state index >= 15 is 0 Å². The topological polar surface area (TPSA) is 91.8 Å². The van der Waals surface area contributed by atoms with Crippen LogP contribution in [0.3, 0.4) is 0 Å². The van der Waals surface area contributed by atoms with Gasteiger partial charge in [0.15, 0.2) is 5.65 Å². The highest BCUT2D eigenvalue weighted by Gasteiger charge is 2.23. The van der Waals surface area contributed by atoms with Crippen LogP contribution in [-0.4, -0.2) is 31.0 Å². The molecule has 0 saturated carbocycles. The molecule has 1 atom stereocenters. The Morgan fingerprint density at radius 3 is 2.75 bits per heavy atom. The van der Waals surface area contributed by atoms with Crippen LogP contribution in [-0.2, 0) is 4.79 Å². The highest BCUT2D eigenvalue weighted by atomic mass is 32.2. The standard InChI is InChI=1S/C13H10N4O2S/c18-13(19)10(8-4-2-1-3-5-8)20-12-9-11(15-6-14-9)16-7-17-12/h1-7,10H,(H,18,19)(H,14,15,16,17)/t10-/m1/s1. The molecule has 0 aliphatic carbocycles. The molecular weight excluding hydrogens is 276 g/mol. The molecule has 0 unspecified atom stereocenters. The number of carboxylic acid groups (broad SMARTS) is 1. The number of nitrogens with one attached hydrogen (secondary N) is 1.